The van der Waals surface area contributed by atoms with E-state index in [-0.39, 0.29) is 23.1 Å². The Bertz CT molecular complexity index is 532. The molecule has 0 bridgehead atoms. The average Bonchev–Trinajstić information content (AvgIpc) is 2.38. The quantitative estimate of drug-likeness (QED) is 0.647. The summed E-state index contributed by atoms with van der Waals surface area (Å²) in [6.45, 7) is 2.15. The van der Waals surface area contributed by atoms with Gasteiger partial charge in [-0.2, -0.15) is 0 Å². The maximum Gasteiger partial charge on any atom is 0.288 e. The van der Waals surface area contributed by atoms with Crippen molar-refractivity contribution in [1.82, 2.24) is 10.3 Å². The topological polar surface area (TPSA) is 111 Å². The summed E-state index contributed by atoms with van der Waals surface area (Å²) >= 11 is 0. The molecule has 7 nitrogen and oxygen atoms in total. The zero-order chi connectivity index (χ0) is 14.7. The van der Waals surface area contributed by atoms with E-state index in [1.807, 2.05) is 0 Å². The summed E-state index contributed by atoms with van der Waals surface area (Å²) in [5.41, 5.74) is 5.46. The molecule has 1 saturated carbocycles. The van der Waals surface area contributed by atoms with Crippen molar-refractivity contribution >= 4 is 17.4 Å². The second-order valence-electron chi connectivity index (χ2n) is 5.33. The number of nitrogens with zero attached hydrogens (tertiary/aromatic N) is 2. The molecule has 0 aliphatic heterocycles. The highest BCUT2D eigenvalue weighted by Crippen LogP contribution is 2.24. The van der Waals surface area contributed by atoms with Crippen molar-refractivity contribution in [2.24, 2.45) is 5.92 Å². The van der Waals surface area contributed by atoms with E-state index in [9.17, 15) is 14.9 Å². The number of carbonyl (C=O) groups is 1. The van der Waals surface area contributed by atoms with Crippen LogP contribution in [0.5, 0.6) is 0 Å². The molecule has 0 spiro atoms. The lowest BCUT2D eigenvalue weighted by Gasteiger charge is -2.27. The minimum Gasteiger partial charge on any atom is -0.383 e. The van der Waals surface area contributed by atoms with Crippen LogP contribution in [0, 0.1) is 16.0 Å². The highest BCUT2D eigenvalue weighted by molar-refractivity contribution is 5.99. The van der Waals surface area contributed by atoms with Crippen molar-refractivity contribution in [3.63, 3.8) is 0 Å². The second kappa shape index (κ2) is 5.85. The first-order valence-electron chi connectivity index (χ1n) is 6.68. The van der Waals surface area contributed by atoms with Gasteiger partial charge in [0.15, 0.2) is 0 Å². The van der Waals surface area contributed by atoms with Gasteiger partial charge in [-0.1, -0.05) is 19.8 Å². The number of aromatic nitrogens is 1. The van der Waals surface area contributed by atoms with Crippen LogP contribution in [0.2, 0.25) is 0 Å². The van der Waals surface area contributed by atoms with Gasteiger partial charge in [0.2, 0.25) is 0 Å². The Hall–Kier alpha value is -2.18. The zero-order valence-corrected chi connectivity index (χ0v) is 11.3. The number of carbonyl (C=O) groups excluding carboxylic acids is 1. The van der Waals surface area contributed by atoms with Gasteiger partial charge in [-0.3, -0.25) is 14.9 Å². The van der Waals surface area contributed by atoms with E-state index < -0.39 is 10.8 Å². The van der Waals surface area contributed by atoms with Crippen LogP contribution in [0.1, 0.15) is 43.0 Å². The van der Waals surface area contributed by atoms with Crippen LogP contribution in [0.25, 0.3) is 0 Å². The minimum atomic E-state index is -0.591. The van der Waals surface area contributed by atoms with Crippen LogP contribution in [0.15, 0.2) is 12.3 Å². The van der Waals surface area contributed by atoms with Crippen LogP contribution >= 0.6 is 0 Å². The first-order chi connectivity index (χ1) is 9.47. The first-order valence-corrected chi connectivity index (χ1v) is 6.68. The van der Waals surface area contributed by atoms with Crippen molar-refractivity contribution in [1.29, 1.82) is 0 Å². The predicted molar refractivity (Wildman–Crippen MR) is 74.2 cm³/mol. The molecule has 1 aliphatic rings. The molecule has 108 valence electrons. The fraction of sp³-hybridized carbons (Fsp3) is 0.538. The van der Waals surface area contributed by atoms with Gasteiger partial charge < -0.3 is 11.1 Å². The Morgan fingerprint density at radius 3 is 2.95 bits per heavy atom. The Morgan fingerprint density at radius 1 is 1.55 bits per heavy atom. The lowest BCUT2D eigenvalue weighted by Crippen LogP contribution is -2.38. The Labute approximate surface area is 116 Å². The van der Waals surface area contributed by atoms with Crippen LogP contribution in [0.4, 0.5) is 11.5 Å². The van der Waals surface area contributed by atoms with Gasteiger partial charge >= 0.3 is 0 Å². The number of hydrogen-bond acceptors (Lipinski definition) is 5. The van der Waals surface area contributed by atoms with Crippen molar-refractivity contribution in [3.05, 3.63) is 27.9 Å². The third-order valence-electron chi connectivity index (χ3n) is 3.63. The van der Waals surface area contributed by atoms with Gasteiger partial charge in [-0.05, 0) is 18.8 Å². The molecule has 0 saturated heterocycles. The van der Waals surface area contributed by atoms with Gasteiger partial charge in [0.25, 0.3) is 11.6 Å². The molecule has 2 atom stereocenters. The fourth-order valence-corrected chi connectivity index (χ4v) is 2.57. The summed E-state index contributed by atoms with van der Waals surface area (Å²) in [7, 11) is 0. The van der Waals surface area contributed by atoms with E-state index in [0.717, 1.165) is 25.5 Å². The Kier molecular flexibility index (Phi) is 4.16. The molecular formula is C13H18N4O3. The highest BCUT2D eigenvalue weighted by Gasteiger charge is 2.23. The number of anilines is 1. The molecule has 1 aliphatic carbocycles. The molecule has 1 heterocycles. The maximum atomic E-state index is 12.2. The summed E-state index contributed by atoms with van der Waals surface area (Å²) in [5, 5.41) is 13.6. The molecular weight excluding hydrogens is 260 g/mol. The molecule has 0 aromatic carbocycles. The van der Waals surface area contributed by atoms with Gasteiger partial charge in [-0.25, -0.2) is 4.98 Å². The lowest BCUT2D eigenvalue weighted by molar-refractivity contribution is -0.385. The molecule has 20 heavy (non-hydrogen) atoms. The number of nitro groups is 1. The normalized spacial score (nSPS) is 22.2. The summed E-state index contributed by atoms with van der Waals surface area (Å²) < 4.78 is 0. The molecule has 2 unspecified atom stereocenters. The molecule has 1 aromatic heterocycles. The summed E-state index contributed by atoms with van der Waals surface area (Å²) in [6.07, 6.45) is 5.16. The van der Waals surface area contributed by atoms with E-state index in [0.29, 0.717) is 5.92 Å². The standard InChI is InChI=1S/C13H18N4O3/c1-8-3-2-4-9(5-8)16-13(18)11-6-10(17(19)20)7-15-12(11)14/h6-9H,2-5H2,1H3,(H2,14,15)(H,16,18). The number of nitrogens with one attached hydrogen (secondary N) is 1. The molecule has 7 heteroatoms. The minimum absolute atomic E-state index is 0.0111. The maximum absolute atomic E-state index is 12.2. The average molecular weight is 278 g/mol. The van der Waals surface area contributed by atoms with Crippen LogP contribution < -0.4 is 11.1 Å². The van der Waals surface area contributed by atoms with Gasteiger partial charge in [0.05, 0.1) is 10.5 Å². The number of nitrogen functional groups attached to an aromatic ring is 1. The third-order valence-corrected chi connectivity index (χ3v) is 3.63. The van der Waals surface area contributed by atoms with Crippen LogP contribution in [0.3, 0.4) is 0 Å². The van der Waals surface area contributed by atoms with Crippen LogP contribution in [-0.4, -0.2) is 21.9 Å². The SMILES string of the molecule is CC1CCCC(NC(=O)c2cc([N+](=O)[O-])cnc2N)C1. The number of rotatable bonds is 3. The van der Waals surface area contributed by atoms with Gasteiger partial charge in [-0.15, -0.1) is 0 Å². The van der Waals surface area contributed by atoms with Crippen molar-refractivity contribution in [2.75, 3.05) is 5.73 Å². The monoisotopic (exact) mass is 278 g/mol. The van der Waals surface area contributed by atoms with Crippen molar-refractivity contribution in [2.45, 2.75) is 38.6 Å². The predicted octanol–water partition coefficient (Wildman–Crippen LogP) is 1.88. The second-order valence-corrected chi connectivity index (χ2v) is 5.33. The third kappa shape index (κ3) is 3.23. The van der Waals surface area contributed by atoms with E-state index in [2.05, 4.69) is 17.2 Å². The first kappa shape index (κ1) is 14.2. The summed E-state index contributed by atoms with van der Waals surface area (Å²) in [4.78, 5) is 26.0. The molecule has 2 rings (SSSR count). The molecule has 1 fully saturated rings. The molecule has 0 radical (unpaired) electrons. The van der Waals surface area contributed by atoms with Crippen molar-refractivity contribution in [3.8, 4) is 0 Å². The Morgan fingerprint density at radius 2 is 2.30 bits per heavy atom. The Balaban J connectivity index is 2.12. The number of pyridine rings is 1. The fourth-order valence-electron chi connectivity index (χ4n) is 2.57. The molecule has 1 aromatic rings. The van der Waals surface area contributed by atoms with Gasteiger partial charge in [0.1, 0.15) is 12.0 Å². The van der Waals surface area contributed by atoms with E-state index in [1.165, 1.54) is 12.5 Å². The van der Waals surface area contributed by atoms with E-state index >= 15 is 0 Å². The highest BCUT2D eigenvalue weighted by atomic mass is 16.6. The summed E-state index contributed by atoms with van der Waals surface area (Å²) in [6, 6.07) is 1.27. The largest absolute Gasteiger partial charge is 0.383 e. The van der Waals surface area contributed by atoms with Crippen molar-refractivity contribution < 1.29 is 9.72 Å². The smallest absolute Gasteiger partial charge is 0.288 e. The molecule has 3 N–H and O–H groups in total. The number of hydrogen-bond donors (Lipinski definition) is 2. The van der Waals surface area contributed by atoms with E-state index in [4.69, 9.17) is 5.73 Å². The zero-order valence-electron chi connectivity index (χ0n) is 11.3. The lowest BCUT2D eigenvalue weighted by atomic mass is 9.87. The van der Waals surface area contributed by atoms with E-state index in [1.54, 1.807) is 0 Å². The summed E-state index contributed by atoms with van der Waals surface area (Å²) in [5.74, 6) is 0.199. The molecule has 1 amide bonds. The number of nitrogens with two attached hydrogens (primary N) is 1. The number of amides is 1. The van der Waals surface area contributed by atoms with Gasteiger partial charge in [0, 0.05) is 12.1 Å². The van der Waals surface area contributed by atoms with Crippen LogP contribution in [-0.2, 0) is 0 Å².